The quantitative estimate of drug-likeness (QED) is 0.714. The van der Waals surface area contributed by atoms with E-state index < -0.39 is 0 Å². The van der Waals surface area contributed by atoms with Crippen LogP contribution >= 0.6 is 0 Å². The Hall–Kier alpha value is -2.62. The van der Waals surface area contributed by atoms with Gasteiger partial charge in [-0.15, -0.1) is 0 Å². The summed E-state index contributed by atoms with van der Waals surface area (Å²) >= 11 is 0. The van der Waals surface area contributed by atoms with Crippen LogP contribution in [0.5, 0.6) is 11.5 Å². The minimum absolute atomic E-state index is 0.00307. The van der Waals surface area contributed by atoms with Crippen LogP contribution in [-0.2, 0) is 0 Å². The van der Waals surface area contributed by atoms with Gasteiger partial charge in [0.05, 0.1) is 14.2 Å². The van der Waals surface area contributed by atoms with Gasteiger partial charge >= 0.3 is 0 Å². The zero-order valence-corrected chi connectivity index (χ0v) is 15.2. The third kappa shape index (κ3) is 3.96. The maximum atomic E-state index is 12.7. The molecule has 0 radical (unpaired) electrons. The van der Waals surface area contributed by atoms with Gasteiger partial charge in [0, 0.05) is 23.0 Å². The van der Waals surface area contributed by atoms with Crippen molar-refractivity contribution in [1.82, 2.24) is 0 Å². The molecule has 0 amide bonds. The lowest BCUT2D eigenvalue weighted by molar-refractivity contribution is 0.0797. The SMILES string of the molecule is COc1ccc(C(=O)C2CCC(C(=O)c3ccc(OC)cc3)CC2)cc1. The van der Waals surface area contributed by atoms with E-state index in [1.807, 2.05) is 48.5 Å². The molecule has 0 spiro atoms. The van der Waals surface area contributed by atoms with E-state index in [9.17, 15) is 9.59 Å². The van der Waals surface area contributed by atoms with E-state index in [2.05, 4.69) is 0 Å². The van der Waals surface area contributed by atoms with Crippen LogP contribution in [0.25, 0.3) is 0 Å². The molecule has 2 aromatic rings. The summed E-state index contributed by atoms with van der Waals surface area (Å²) in [5.41, 5.74) is 1.44. The molecule has 1 aliphatic carbocycles. The number of methoxy groups -OCH3 is 2. The Bertz CT molecular complexity index is 686. The average Bonchev–Trinajstić information content (AvgIpc) is 2.73. The van der Waals surface area contributed by atoms with Crippen LogP contribution in [0.2, 0.25) is 0 Å². The number of benzene rings is 2. The second-order valence-corrected chi connectivity index (χ2v) is 6.73. The molecule has 1 saturated carbocycles. The van der Waals surface area contributed by atoms with Gasteiger partial charge in [-0.3, -0.25) is 9.59 Å². The van der Waals surface area contributed by atoms with E-state index in [1.165, 1.54) is 0 Å². The molecule has 136 valence electrons. The van der Waals surface area contributed by atoms with E-state index >= 15 is 0 Å². The summed E-state index contributed by atoms with van der Waals surface area (Å²) in [6.45, 7) is 0. The van der Waals surface area contributed by atoms with Crippen molar-refractivity contribution in [3.63, 3.8) is 0 Å². The maximum absolute atomic E-state index is 12.7. The molecule has 0 heterocycles. The Balaban J connectivity index is 1.59. The molecule has 3 rings (SSSR count). The highest BCUT2D eigenvalue weighted by atomic mass is 16.5. The molecule has 0 aliphatic heterocycles. The van der Waals surface area contributed by atoms with Crippen LogP contribution < -0.4 is 9.47 Å². The molecular weight excluding hydrogens is 328 g/mol. The van der Waals surface area contributed by atoms with Crippen LogP contribution in [-0.4, -0.2) is 25.8 Å². The first kappa shape index (κ1) is 18.2. The average molecular weight is 352 g/mol. The number of Topliss-reactive ketones (excluding diaryl/α,β-unsaturated/α-hetero) is 2. The summed E-state index contributed by atoms with van der Waals surface area (Å²) < 4.78 is 10.3. The molecule has 0 bridgehead atoms. The predicted molar refractivity (Wildman–Crippen MR) is 100 cm³/mol. The molecule has 26 heavy (non-hydrogen) atoms. The second-order valence-electron chi connectivity index (χ2n) is 6.73. The van der Waals surface area contributed by atoms with Gasteiger partial charge in [0.15, 0.2) is 11.6 Å². The van der Waals surface area contributed by atoms with Crippen LogP contribution in [0, 0.1) is 11.8 Å². The minimum Gasteiger partial charge on any atom is -0.497 e. The molecule has 0 unspecified atom stereocenters. The molecule has 0 saturated heterocycles. The Morgan fingerprint density at radius 3 is 1.23 bits per heavy atom. The van der Waals surface area contributed by atoms with Gasteiger partial charge < -0.3 is 9.47 Å². The van der Waals surface area contributed by atoms with Crippen LogP contribution in [0.15, 0.2) is 48.5 Å². The van der Waals surface area contributed by atoms with Gasteiger partial charge in [0.2, 0.25) is 0 Å². The summed E-state index contributed by atoms with van der Waals surface area (Å²) in [5, 5.41) is 0. The fourth-order valence-corrected chi connectivity index (χ4v) is 3.60. The van der Waals surface area contributed by atoms with Gasteiger partial charge in [-0.1, -0.05) is 0 Å². The molecule has 2 aromatic carbocycles. The second kappa shape index (κ2) is 8.17. The zero-order chi connectivity index (χ0) is 18.5. The van der Waals surface area contributed by atoms with E-state index in [0.29, 0.717) is 0 Å². The van der Waals surface area contributed by atoms with Crippen LogP contribution in [0.3, 0.4) is 0 Å². The van der Waals surface area contributed by atoms with Crippen molar-refractivity contribution in [2.24, 2.45) is 11.8 Å². The smallest absolute Gasteiger partial charge is 0.165 e. The van der Waals surface area contributed by atoms with Crippen molar-refractivity contribution in [3.05, 3.63) is 59.7 Å². The van der Waals surface area contributed by atoms with E-state index in [1.54, 1.807) is 14.2 Å². The van der Waals surface area contributed by atoms with Crippen LogP contribution in [0.4, 0.5) is 0 Å². The number of carbonyl (C=O) groups is 2. The summed E-state index contributed by atoms with van der Waals surface area (Å²) in [6.07, 6.45) is 3.05. The first-order chi connectivity index (χ1) is 12.6. The highest BCUT2D eigenvalue weighted by Crippen LogP contribution is 2.33. The molecule has 4 heteroatoms. The monoisotopic (exact) mass is 352 g/mol. The number of hydrogen-bond acceptors (Lipinski definition) is 4. The highest BCUT2D eigenvalue weighted by molar-refractivity contribution is 5.99. The van der Waals surface area contributed by atoms with Crippen molar-refractivity contribution in [3.8, 4) is 11.5 Å². The van der Waals surface area contributed by atoms with Gasteiger partial charge in [0.1, 0.15) is 11.5 Å². The normalized spacial score (nSPS) is 19.6. The highest BCUT2D eigenvalue weighted by Gasteiger charge is 2.30. The van der Waals surface area contributed by atoms with Crippen molar-refractivity contribution < 1.29 is 19.1 Å². The fourth-order valence-electron chi connectivity index (χ4n) is 3.60. The lowest BCUT2D eigenvalue weighted by Crippen LogP contribution is -2.26. The first-order valence-electron chi connectivity index (χ1n) is 8.99. The number of ketones is 2. The van der Waals surface area contributed by atoms with Crippen LogP contribution in [0.1, 0.15) is 46.4 Å². The van der Waals surface area contributed by atoms with Crippen molar-refractivity contribution >= 4 is 11.6 Å². The summed E-state index contributed by atoms with van der Waals surface area (Å²) in [7, 11) is 3.22. The Labute approximate surface area is 154 Å². The van der Waals surface area contributed by atoms with Crippen molar-refractivity contribution in [1.29, 1.82) is 0 Å². The molecular formula is C22H24O4. The van der Waals surface area contributed by atoms with Crippen molar-refractivity contribution in [2.45, 2.75) is 25.7 Å². The largest absolute Gasteiger partial charge is 0.497 e. The van der Waals surface area contributed by atoms with Crippen molar-refractivity contribution in [2.75, 3.05) is 14.2 Å². The van der Waals surface area contributed by atoms with E-state index in [-0.39, 0.29) is 23.4 Å². The van der Waals surface area contributed by atoms with Gasteiger partial charge in [-0.05, 0) is 74.2 Å². The molecule has 0 aromatic heterocycles. The lowest BCUT2D eigenvalue weighted by Gasteiger charge is -2.27. The molecule has 4 nitrogen and oxygen atoms in total. The molecule has 1 aliphatic rings. The summed E-state index contributed by atoms with van der Waals surface area (Å²) in [5.74, 6) is 1.84. The number of hydrogen-bond donors (Lipinski definition) is 0. The number of rotatable bonds is 6. The summed E-state index contributed by atoms with van der Waals surface area (Å²) in [6, 6.07) is 14.5. The molecule has 0 atom stereocenters. The maximum Gasteiger partial charge on any atom is 0.165 e. The Morgan fingerprint density at radius 1 is 0.654 bits per heavy atom. The third-order valence-corrected chi connectivity index (χ3v) is 5.22. The van der Waals surface area contributed by atoms with E-state index in [0.717, 1.165) is 48.3 Å². The summed E-state index contributed by atoms with van der Waals surface area (Å²) in [4.78, 5) is 25.4. The first-order valence-corrected chi connectivity index (χ1v) is 8.99. The van der Waals surface area contributed by atoms with Gasteiger partial charge in [-0.25, -0.2) is 0 Å². The lowest BCUT2D eigenvalue weighted by atomic mass is 9.76. The predicted octanol–water partition coefficient (Wildman–Crippen LogP) is 4.58. The van der Waals surface area contributed by atoms with Gasteiger partial charge in [-0.2, -0.15) is 0 Å². The number of carbonyl (C=O) groups excluding carboxylic acids is 2. The third-order valence-electron chi connectivity index (χ3n) is 5.22. The zero-order valence-electron chi connectivity index (χ0n) is 15.2. The fraction of sp³-hybridized carbons (Fsp3) is 0.364. The Morgan fingerprint density at radius 2 is 0.962 bits per heavy atom. The van der Waals surface area contributed by atoms with E-state index in [4.69, 9.17) is 9.47 Å². The Kier molecular flexibility index (Phi) is 5.71. The standard InChI is InChI=1S/C22H24O4/c1-25-19-11-7-17(8-12-19)21(23)15-3-5-16(6-4-15)22(24)18-9-13-20(26-2)14-10-18/h7-16H,3-6H2,1-2H3. The number of ether oxygens (including phenoxy) is 2. The molecule has 0 N–H and O–H groups in total. The molecule has 1 fully saturated rings. The minimum atomic E-state index is 0.00307. The van der Waals surface area contributed by atoms with Gasteiger partial charge in [0.25, 0.3) is 0 Å². The topological polar surface area (TPSA) is 52.6 Å².